The van der Waals surface area contributed by atoms with Crippen LogP contribution in [0.1, 0.15) is 24.8 Å². The van der Waals surface area contributed by atoms with Crippen LogP contribution >= 0.6 is 0 Å². The van der Waals surface area contributed by atoms with Crippen LogP contribution < -0.4 is 9.47 Å². The van der Waals surface area contributed by atoms with Gasteiger partial charge in [0.05, 0.1) is 19.8 Å². The largest absolute Gasteiger partial charge is 0.493 e. The minimum Gasteiger partial charge on any atom is -0.493 e. The van der Waals surface area contributed by atoms with E-state index in [9.17, 15) is 5.11 Å². The van der Waals surface area contributed by atoms with Crippen molar-refractivity contribution in [2.24, 2.45) is 5.92 Å². The lowest BCUT2D eigenvalue weighted by atomic mass is 9.98. The topological polar surface area (TPSA) is 78.2 Å². The van der Waals surface area contributed by atoms with E-state index in [1.54, 1.807) is 7.11 Å². The molecule has 1 unspecified atom stereocenters. The lowest BCUT2D eigenvalue weighted by molar-refractivity contribution is 0.0574. The van der Waals surface area contributed by atoms with E-state index in [2.05, 4.69) is 21.9 Å². The molecule has 0 radical (unpaired) electrons. The highest BCUT2D eigenvalue weighted by Gasteiger charge is 2.21. The van der Waals surface area contributed by atoms with Crippen molar-refractivity contribution in [1.29, 1.82) is 5.26 Å². The summed E-state index contributed by atoms with van der Waals surface area (Å²) in [6.07, 6.45) is 2.23. The zero-order valence-corrected chi connectivity index (χ0v) is 17.4. The Morgan fingerprint density at radius 2 is 2.00 bits per heavy atom. The average molecular weight is 404 g/mol. The van der Waals surface area contributed by atoms with E-state index in [1.165, 1.54) is 0 Å². The Kier molecular flexibility index (Phi) is 8.56. The molecule has 0 bridgehead atoms. The van der Waals surface area contributed by atoms with Gasteiger partial charge in [0.2, 0.25) is 0 Å². The third kappa shape index (κ3) is 6.86. The molecular weight excluding hydrogens is 370 g/mol. The molecule has 2 saturated heterocycles. The lowest BCUT2D eigenvalue weighted by Gasteiger charge is -2.30. The molecule has 1 aromatic carbocycles. The van der Waals surface area contributed by atoms with Crippen LogP contribution in [-0.2, 0) is 11.3 Å². The van der Waals surface area contributed by atoms with Gasteiger partial charge in [0.25, 0.3) is 0 Å². The van der Waals surface area contributed by atoms with Crippen LogP contribution in [-0.4, -0.2) is 80.7 Å². The molecule has 2 aliphatic heterocycles. The number of piperidine rings is 1. The minimum atomic E-state index is -0.579. The predicted octanol–water partition coefficient (Wildman–Crippen LogP) is 1.89. The Labute approximate surface area is 173 Å². The SMILES string of the molecule is COc1ccc(CN2CCCOCC2)cc1OCC(O)CN1CCC(C#N)CC1. The van der Waals surface area contributed by atoms with Crippen molar-refractivity contribution in [3.63, 3.8) is 0 Å². The third-order valence-electron chi connectivity index (χ3n) is 5.62. The quantitative estimate of drug-likeness (QED) is 0.710. The lowest BCUT2D eigenvalue weighted by Crippen LogP contribution is -2.40. The summed E-state index contributed by atoms with van der Waals surface area (Å²) in [5, 5.41) is 19.4. The maximum Gasteiger partial charge on any atom is 0.161 e. The number of hydrogen-bond acceptors (Lipinski definition) is 7. The van der Waals surface area contributed by atoms with E-state index >= 15 is 0 Å². The summed E-state index contributed by atoms with van der Waals surface area (Å²) < 4.78 is 16.9. The smallest absolute Gasteiger partial charge is 0.161 e. The number of ether oxygens (including phenoxy) is 3. The Bertz CT molecular complexity index is 663. The van der Waals surface area contributed by atoms with E-state index < -0.39 is 6.10 Å². The van der Waals surface area contributed by atoms with Crippen molar-refractivity contribution in [1.82, 2.24) is 9.80 Å². The van der Waals surface area contributed by atoms with E-state index in [0.29, 0.717) is 18.0 Å². The number of rotatable bonds is 8. The maximum absolute atomic E-state index is 10.4. The summed E-state index contributed by atoms with van der Waals surface area (Å²) in [7, 11) is 1.63. The minimum absolute atomic E-state index is 0.155. The fraction of sp³-hybridized carbons (Fsp3) is 0.682. The first kappa shape index (κ1) is 21.8. The van der Waals surface area contributed by atoms with Crippen LogP contribution in [0.2, 0.25) is 0 Å². The van der Waals surface area contributed by atoms with E-state index in [4.69, 9.17) is 19.5 Å². The molecule has 7 nitrogen and oxygen atoms in total. The first-order chi connectivity index (χ1) is 14.2. The summed E-state index contributed by atoms with van der Waals surface area (Å²) in [5.41, 5.74) is 1.16. The first-order valence-corrected chi connectivity index (χ1v) is 10.6. The van der Waals surface area contributed by atoms with Crippen molar-refractivity contribution in [2.45, 2.75) is 31.9 Å². The molecule has 1 N–H and O–H groups in total. The molecule has 0 spiro atoms. The van der Waals surface area contributed by atoms with Gasteiger partial charge < -0.3 is 24.2 Å². The molecule has 2 fully saturated rings. The summed E-state index contributed by atoms with van der Waals surface area (Å²) in [6, 6.07) is 8.34. The van der Waals surface area contributed by atoms with Gasteiger partial charge in [-0.2, -0.15) is 5.26 Å². The van der Waals surface area contributed by atoms with Gasteiger partial charge in [-0.15, -0.1) is 0 Å². The first-order valence-electron chi connectivity index (χ1n) is 10.6. The van der Waals surface area contributed by atoms with Crippen molar-refractivity contribution in [3.05, 3.63) is 23.8 Å². The number of hydrogen-bond donors (Lipinski definition) is 1. The summed E-state index contributed by atoms with van der Waals surface area (Å²) in [4.78, 5) is 4.59. The summed E-state index contributed by atoms with van der Waals surface area (Å²) >= 11 is 0. The highest BCUT2D eigenvalue weighted by atomic mass is 16.5. The van der Waals surface area contributed by atoms with Gasteiger partial charge in [-0.1, -0.05) is 6.07 Å². The van der Waals surface area contributed by atoms with E-state index in [-0.39, 0.29) is 12.5 Å². The molecule has 3 rings (SSSR count). The number of β-amino-alcohol motifs (C(OH)–C–C–N with tert-alkyl or cyclic N) is 1. The van der Waals surface area contributed by atoms with Crippen LogP contribution in [0.25, 0.3) is 0 Å². The number of benzene rings is 1. The fourth-order valence-corrected chi connectivity index (χ4v) is 3.93. The number of methoxy groups -OCH3 is 1. The molecule has 29 heavy (non-hydrogen) atoms. The number of aliphatic hydroxyl groups excluding tert-OH is 1. The van der Waals surface area contributed by atoms with Crippen molar-refractivity contribution >= 4 is 0 Å². The molecule has 1 atom stereocenters. The van der Waals surface area contributed by atoms with Gasteiger partial charge in [0.1, 0.15) is 12.7 Å². The van der Waals surface area contributed by atoms with Crippen molar-refractivity contribution < 1.29 is 19.3 Å². The Morgan fingerprint density at radius 3 is 2.76 bits per heavy atom. The second kappa shape index (κ2) is 11.4. The van der Waals surface area contributed by atoms with Crippen LogP contribution in [0.4, 0.5) is 0 Å². The van der Waals surface area contributed by atoms with E-state index in [0.717, 1.165) is 70.8 Å². The van der Waals surface area contributed by atoms with Crippen LogP contribution in [0, 0.1) is 17.2 Å². The molecular formula is C22H33N3O4. The second-order valence-corrected chi connectivity index (χ2v) is 7.90. The van der Waals surface area contributed by atoms with Gasteiger partial charge in [0, 0.05) is 38.7 Å². The van der Waals surface area contributed by atoms with Gasteiger partial charge >= 0.3 is 0 Å². The summed E-state index contributed by atoms with van der Waals surface area (Å²) in [6.45, 7) is 6.91. The van der Waals surface area contributed by atoms with Gasteiger partial charge in [0.15, 0.2) is 11.5 Å². The zero-order chi connectivity index (χ0) is 20.5. The molecule has 2 heterocycles. The van der Waals surface area contributed by atoms with Gasteiger partial charge in [-0.3, -0.25) is 4.90 Å². The van der Waals surface area contributed by atoms with Crippen molar-refractivity contribution in [3.8, 4) is 17.6 Å². The molecule has 0 aliphatic carbocycles. The van der Waals surface area contributed by atoms with E-state index in [1.807, 2.05) is 12.1 Å². The van der Waals surface area contributed by atoms with Crippen LogP contribution in [0.5, 0.6) is 11.5 Å². The molecule has 7 heteroatoms. The number of aliphatic hydroxyl groups is 1. The van der Waals surface area contributed by atoms with Gasteiger partial charge in [-0.25, -0.2) is 0 Å². The zero-order valence-electron chi connectivity index (χ0n) is 17.4. The monoisotopic (exact) mass is 403 g/mol. The van der Waals surface area contributed by atoms with Gasteiger partial charge in [-0.05, 0) is 50.0 Å². The fourth-order valence-electron chi connectivity index (χ4n) is 3.93. The average Bonchev–Trinajstić information content (AvgIpc) is 3.01. The Hall–Kier alpha value is -1.85. The standard InChI is InChI=1S/C22H33N3O4/c1-27-21-4-3-19(15-24-7-2-11-28-12-10-24)13-22(21)29-17-20(26)16-25-8-5-18(14-23)6-9-25/h3-4,13,18,20,26H,2,5-12,15-17H2,1H3. The maximum atomic E-state index is 10.4. The Balaban J connectivity index is 1.51. The number of likely N-dealkylation sites (tertiary alicyclic amines) is 1. The normalized spacial score (nSPS) is 20.6. The van der Waals surface area contributed by atoms with Crippen LogP contribution in [0.15, 0.2) is 18.2 Å². The molecule has 0 saturated carbocycles. The number of nitriles is 1. The highest BCUT2D eigenvalue weighted by molar-refractivity contribution is 5.43. The molecule has 0 aromatic heterocycles. The molecule has 160 valence electrons. The second-order valence-electron chi connectivity index (χ2n) is 7.90. The summed E-state index contributed by atoms with van der Waals surface area (Å²) in [5.74, 6) is 1.50. The highest BCUT2D eigenvalue weighted by Crippen LogP contribution is 2.29. The third-order valence-corrected chi connectivity index (χ3v) is 5.62. The number of nitrogens with zero attached hydrogens (tertiary/aromatic N) is 3. The molecule has 0 amide bonds. The predicted molar refractivity (Wildman–Crippen MR) is 110 cm³/mol. The van der Waals surface area contributed by atoms with Crippen LogP contribution in [0.3, 0.4) is 0 Å². The molecule has 1 aromatic rings. The Morgan fingerprint density at radius 1 is 1.17 bits per heavy atom. The molecule has 2 aliphatic rings. The van der Waals surface area contributed by atoms with Crippen molar-refractivity contribution in [2.75, 3.05) is 59.7 Å².